The molecule has 3 aromatic rings. The Hall–Kier alpha value is -2.85. The Kier molecular flexibility index (Phi) is 6.28. The average Bonchev–Trinajstić information content (AvgIpc) is 3.17. The van der Waals surface area contributed by atoms with Crippen LogP contribution in [0.4, 0.5) is 0 Å². The van der Waals surface area contributed by atoms with Gasteiger partial charge in [-0.25, -0.2) is 0 Å². The third-order valence-corrected chi connectivity index (χ3v) is 7.81. The SMILES string of the molecule is CC(C)(C)c1cccc(CC2CCOC2=O)c1O[Si](c1ccccc1)c1ccccc1. The topological polar surface area (TPSA) is 35.5 Å². The Balaban J connectivity index is 1.79. The molecule has 1 atom stereocenters. The van der Waals surface area contributed by atoms with E-state index in [-0.39, 0.29) is 17.3 Å². The highest BCUT2D eigenvalue weighted by Crippen LogP contribution is 2.36. The molecule has 1 heterocycles. The first kappa shape index (κ1) is 21.4. The molecule has 1 fully saturated rings. The zero-order valence-electron chi connectivity index (χ0n) is 18.4. The molecule has 0 amide bonds. The van der Waals surface area contributed by atoms with Gasteiger partial charge in [-0.3, -0.25) is 4.79 Å². The fourth-order valence-corrected chi connectivity index (χ4v) is 6.02. The minimum absolute atomic E-state index is 0.0815. The van der Waals surface area contributed by atoms with Crippen molar-refractivity contribution in [3.05, 3.63) is 90.0 Å². The molecule has 0 N–H and O–H groups in total. The molecule has 1 saturated heterocycles. The highest BCUT2D eigenvalue weighted by atomic mass is 28.3. The maximum Gasteiger partial charge on any atom is 0.352 e. The van der Waals surface area contributed by atoms with Crippen LogP contribution < -0.4 is 14.8 Å². The summed E-state index contributed by atoms with van der Waals surface area (Å²) in [5.74, 6) is 0.738. The van der Waals surface area contributed by atoms with Crippen molar-refractivity contribution in [2.45, 2.75) is 39.0 Å². The number of carbonyl (C=O) groups is 1. The van der Waals surface area contributed by atoms with E-state index in [1.165, 1.54) is 15.9 Å². The van der Waals surface area contributed by atoms with Crippen molar-refractivity contribution >= 4 is 25.4 Å². The van der Waals surface area contributed by atoms with Crippen molar-refractivity contribution in [2.24, 2.45) is 5.92 Å². The van der Waals surface area contributed by atoms with Crippen molar-refractivity contribution in [1.29, 1.82) is 0 Å². The van der Waals surface area contributed by atoms with E-state index in [4.69, 9.17) is 9.16 Å². The largest absolute Gasteiger partial charge is 0.532 e. The second-order valence-electron chi connectivity index (χ2n) is 9.06. The Labute approximate surface area is 186 Å². The molecule has 159 valence electrons. The summed E-state index contributed by atoms with van der Waals surface area (Å²) in [6.45, 7) is 7.14. The van der Waals surface area contributed by atoms with Crippen molar-refractivity contribution in [2.75, 3.05) is 6.61 Å². The molecule has 0 aromatic heterocycles. The highest BCUT2D eigenvalue weighted by molar-refractivity contribution is 6.80. The van der Waals surface area contributed by atoms with Gasteiger partial charge in [-0.1, -0.05) is 99.6 Å². The van der Waals surface area contributed by atoms with Gasteiger partial charge in [0.15, 0.2) is 0 Å². The van der Waals surface area contributed by atoms with E-state index in [2.05, 4.69) is 87.5 Å². The number of para-hydroxylation sites is 1. The summed E-state index contributed by atoms with van der Waals surface area (Å²) in [5, 5.41) is 2.40. The first-order valence-corrected chi connectivity index (χ1v) is 12.3. The van der Waals surface area contributed by atoms with Crippen LogP contribution in [0.25, 0.3) is 0 Å². The smallest absolute Gasteiger partial charge is 0.352 e. The second kappa shape index (κ2) is 9.11. The van der Waals surface area contributed by atoms with Crippen LogP contribution in [0.5, 0.6) is 5.75 Å². The van der Waals surface area contributed by atoms with Crippen molar-refractivity contribution in [1.82, 2.24) is 0 Å². The second-order valence-corrected chi connectivity index (χ2v) is 11.1. The Morgan fingerprint density at radius 3 is 2.03 bits per heavy atom. The minimum atomic E-state index is -1.52. The van der Waals surface area contributed by atoms with Gasteiger partial charge in [-0.15, -0.1) is 0 Å². The first-order chi connectivity index (χ1) is 14.9. The third-order valence-electron chi connectivity index (χ3n) is 5.69. The normalized spacial score (nSPS) is 16.4. The van der Waals surface area contributed by atoms with Gasteiger partial charge in [0.25, 0.3) is 0 Å². The Bertz CT molecular complexity index is 986. The lowest BCUT2D eigenvalue weighted by Gasteiger charge is -2.28. The predicted molar refractivity (Wildman–Crippen MR) is 126 cm³/mol. The molecule has 0 aliphatic carbocycles. The Morgan fingerprint density at radius 1 is 0.903 bits per heavy atom. The number of cyclic esters (lactones) is 1. The lowest BCUT2D eigenvalue weighted by atomic mass is 9.84. The zero-order chi connectivity index (χ0) is 21.8. The van der Waals surface area contributed by atoms with E-state index >= 15 is 0 Å². The average molecular weight is 430 g/mol. The van der Waals surface area contributed by atoms with Crippen molar-refractivity contribution in [3.8, 4) is 5.75 Å². The van der Waals surface area contributed by atoms with Gasteiger partial charge in [0.1, 0.15) is 5.75 Å². The minimum Gasteiger partial charge on any atom is -0.532 e. The van der Waals surface area contributed by atoms with Gasteiger partial charge in [-0.2, -0.15) is 0 Å². The number of benzene rings is 3. The molecule has 0 saturated carbocycles. The van der Waals surface area contributed by atoms with Crippen LogP contribution in [0.1, 0.15) is 38.3 Å². The standard InChI is InChI=1S/C27H29O3Si/c1-27(2,3)24-16-10-11-20(19-21-17-18-29-26(21)28)25(24)30-31(22-12-6-4-7-13-22)23-14-8-5-9-15-23/h4-16,21H,17-19H2,1-3H3. The number of ether oxygens (including phenoxy) is 1. The van der Waals surface area contributed by atoms with Crippen LogP contribution in [0, 0.1) is 5.92 Å². The number of rotatable bonds is 6. The van der Waals surface area contributed by atoms with Crippen LogP contribution >= 0.6 is 0 Å². The molecule has 4 rings (SSSR count). The molecule has 1 radical (unpaired) electrons. The summed E-state index contributed by atoms with van der Waals surface area (Å²) in [6.07, 6.45) is 1.42. The third kappa shape index (κ3) is 4.91. The highest BCUT2D eigenvalue weighted by Gasteiger charge is 2.31. The van der Waals surface area contributed by atoms with Crippen LogP contribution in [0.15, 0.2) is 78.9 Å². The Morgan fingerprint density at radius 2 is 1.52 bits per heavy atom. The molecule has 4 heteroatoms. The molecule has 31 heavy (non-hydrogen) atoms. The summed E-state index contributed by atoms with van der Waals surface area (Å²) in [7, 11) is -1.52. The lowest BCUT2D eigenvalue weighted by molar-refractivity contribution is -0.141. The summed E-state index contributed by atoms with van der Waals surface area (Å²) in [4.78, 5) is 12.2. The number of hydrogen-bond donors (Lipinski definition) is 0. The van der Waals surface area contributed by atoms with Crippen LogP contribution in [-0.2, 0) is 21.4 Å². The van der Waals surface area contributed by atoms with Gasteiger partial charge >= 0.3 is 15.0 Å². The van der Waals surface area contributed by atoms with Gasteiger partial charge in [-0.05, 0) is 39.8 Å². The maximum absolute atomic E-state index is 12.2. The summed E-state index contributed by atoms with van der Waals surface area (Å²) in [6, 6.07) is 27.3. The summed E-state index contributed by atoms with van der Waals surface area (Å²) in [5.41, 5.74) is 2.18. The molecular formula is C27H29O3Si. The summed E-state index contributed by atoms with van der Waals surface area (Å²) < 4.78 is 12.2. The monoisotopic (exact) mass is 429 g/mol. The van der Waals surface area contributed by atoms with Gasteiger partial charge in [0, 0.05) is 0 Å². The maximum atomic E-state index is 12.2. The van der Waals surface area contributed by atoms with Gasteiger partial charge in [0.05, 0.1) is 12.5 Å². The predicted octanol–water partition coefficient (Wildman–Crippen LogP) is 4.27. The summed E-state index contributed by atoms with van der Waals surface area (Å²) >= 11 is 0. The fourth-order valence-electron chi connectivity index (χ4n) is 4.01. The zero-order valence-corrected chi connectivity index (χ0v) is 19.4. The molecule has 0 spiro atoms. The number of carbonyl (C=O) groups excluding carboxylic acids is 1. The molecular weight excluding hydrogens is 400 g/mol. The number of esters is 1. The van der Waals surface area contributed by atoms with Gasteiger partial charge in [0.2, 0.25) is 0 Å². The molecule has 1 unspecified atom stereocenters. The van der Waals surface area contributed by atoms with E-state index in [0.29, 0.717) is 13.0 Å². The van der Waals surface area contributed by atoms with Crippen molar-refractivity contribution < 1.29 is 14.0 Å². The van der Waals surface area contributed by atoms with Crippen molar-refractivity contribution in [3.63, 3.8) is 0 Å². The molecule has 0 bridgehead atoms. The quantitative estimate of drug-likeness (QED) is 0.434. The van der Waals surface area contributed by atoms with Crippen LogP contribution in [0.3, 0.4) is 0 Å². The van der Waals surface area contributed by atoms with E-state index in [1.807, 2.05) is 12.1 Å². The van der Waals surface area contributed by atoms with E-state index in [9.17, 15) is 4.79 Å². The number of hydrogen-bond acceptors (Lipinski definition) is 3. The van der Waals surface area contributed by atoms with E-state index in [0.717, 1.165) is 17.7 Å². The lowest BCUT2D eigenvalue weighted by Crippen LogP contribution is -2.48. The molecule has 3 nitrogen and oxygen atoms in total. The first-order valence-electron chi connectivity index (χ1n) is 10.9. The van der Waals surface area contributed by atoms with Gasteiger partial charge < -0.3 is 9.16 Å². The van der Waals surface area contributed by atoms with Crippen LogP contribution in [0.2, 0.25) is 0 Å². The fraction of sp³-hybridized carbons (Fsp3) is 0.296. The van der Waals surface area contributed by atoms with Crippen LogP contribution in [-0.4, -0.2) is 21.6 Å². The molecule has 1 aliphatic rings. The van der Waals surface area contributed by atoms with E-state index in [1.54, 1.807) is 0 Å². The van der Waals surface area contributed by atoms with E-state index < -0.39 is 9.04 Å². The molecule has 1 aliphatic heterocycles. The molecule has 3 aromatic carbocycles.